The zero-order valence-electron chi connectivity index (χ0n) is 19.2. The van der Waals surface area contributed by atoms with E-state index in [0.717, 1.165) is 17.2 Å². The molecule has 0 aliphatic carbocycles. The average molecular weight is 519 g/mol. The average Bonchev–Trinajstić information content (AvgIpc) is 2.80. The third kappa shape index (κ3) is 8.13. The number of esters is 3. The largest absolute Gasteiger partial charge is 0.462 e. The monoisotopic (exact) mass is 518 g/mol. The van der Waals surface area contributed by atoms with Crippen molar-refractivity contribution in [2.75, 3.05) is 13.2 Å². The van der Waals surface area contributed by atoms with E-state index in [9.17, 15) is 23.2 Å². The molecule has 0 spiro atoms. The molecule has 2 aromatic carbocycles. The Bertz CT molecular complexity index is 1050. The number of hydrogen-bond acceptors (Lipinski definition) is 9. The molecule has 2 aromatic rings. The summed E-state index contributed by atoms with van der Waals surface area (Å²) < 4.78 is 65.7. The molecule has 0 aromatic heterocycles. The second kappa shape index (κ2) is 12.2. The van der Waals surface area contributed by atoms with Gasteiger partial charge in [0.2, 0.25) is 0 Å². The molecule has 1 atom stereocenters. The molecule has 0 saturated heterocycles. The maximum atomic E-state index is 13.1. The molecule has 0 amide bonds. The predicted octanol–water partition coefficient (Wildman–Crippen LogP) is 5.33. The molecule has 0 radical (unpaired) electrons. The van der Waals surface area contributed by atoms with E-state index in [-0.39, 0.29) is 19.3 Å². The Balaban J connectivity index is 1.70. The first-order chi connectivity index (χ1) is 16.3. The Kier molecular flexibility index (Phi) is 9.95. The molecule has 0 aliphatic heterocycles. The van der Waals surface area contributed by atoms with E-state index < -0.39 is 47.2 Å². The molecule has 194 valence electrons. The number of alkyl halides is 2. The number of hydrogen-bond donors (Lipinski definition) is 3. The number of benzene rings is 2. The Morgan fingerprint density at radius 1 is 0.943 bits per heavy atom. The fraction of sp³-hybridized carbons (Fsp3) is 0.435. The lowest BCUT2D eigenvalue weighted by molar-refractivity contribution is -0.166. The first kappa shape index (κ1) is 28.4. The highest BCUT2D eigenvalue weighted by atomic mass is 32.3. The van der Waals surface area contributed by atoms with Gasteiger partial charge in [0.15, 0.2) is 10.9 Å². The van der Waals surface area contributed by atoms with Crippen molar-refractivity contribution in [3.8, 4) is 5.75 Å². The van der Waals surface area contributed by atoms with Crippen molar-refractivity contribution in [3.63, 3.8) is 0 Å². The summed E-state index contributed by atoms with van der Waals surface area (Å²) in [6.45, 7) is 2.91. The second-order valence-corrected chi connectivity index (χ2v) is 9.35. The van der Waals surface area contributed by atoms with Crippen LogP contribution in [0.25, 0.3) is 10.8 Å². The molecule has 1 unspecified atom stereocenters. The molecule has 9 nitrogen and oxygen atoms in total. The Hall–Kier alpha value is -2.80. The highest BCUT2D eigenvalue weighted by Crippen LogP contribution is 2.51. The quantitative estimate of drug-likeness (QED) is 0.193. The van der Waals surface area contributed by atoms with Crippen molar-refractivity contribution >= 4 is 39.6 Å². The number of halogens is 2. The van der Waals surface area contributed by atoms with E-state index >= 15 is 0 Å². The van der Waals surface area contributed by atoms with Crippen molar-refractivity contribution in [2.45, 2.75) is 50.7 Å². The molecule has 0 heterocycles. The highest BCUT2D eigenvalue weighted by molar-refractivity contribution is 8.20. The van der Waals surface area contributed by atoms with Crippen LogP contribution in [0.5, 0.6) is 5.75 Å². The minimum atomic E-state index is -5.47. The van der Waals surface area contributed by atoms with E-state index in [2.05, 4.69) is 29.4 Å². The van der Waals surface area contributed by atoms with Crippen LogP contribution in [0, 0.1) is 0 Å². The SMILES string of the molecule is CCC(C)c1ccc2cc(OC(=O)CCCC(=O)OCCOC(=O)C(F)(F)S(O)(O)O)ccc2c1. The van der Waals surface area contributed by atoms with Crippen molar-refractivity contribution in [2.24, 2.45) is 0 Å². The summed E-state index contributed by atoms with van der Waals surface area (Å²) >= 11 is 0. The minimum absolute atomic E-state index is 0.0738. The van der Waals surface area contributed by atoms with E-state index in [1.165, 1.54) is 5.56 Å². The number of carbonyl (C=O) groups is 3. The number of ether oxygens (including phenoxy) is 3. The van der Waals surface area contributed by atoms with Crippen molar-refractivity contribution in [1.82, 2.24) is 0 Å². The van der Waals surface area contributed by atoms with Gasteiger partial charge in [-0.2, -0.15) is 8.78 Å². The lowest BCUT2D eigenvalue weighted by Gasteiger charge is -2.26. The van der Waals surface area contributed by atoms with Crippen LogP contribution in [0.3, 0.4) is 0 Å². The fourth-order valence-corrected chi connectivity index (χ4v) is 3.25. The summed E-state index contributed by atoms with van der Waals surface area (Å²) in [5, 5.41) is -2.95. The van der Waals surface area contributed by atoms with Gasteiger partial charge in [0.05, 0.1) is 0 Å². The van der Waals surface area contributed by atoms with Crippen LogP contribution in [-0.4, -0.2) is 50.0 Å². The summed E-state index contributed by atoms with van der Waals surface area (Å²) in [5.41, 5.74) is 1.23. The molecule has 0 fully saturated rings. The van der Waals surface area contributed by atoms with Gasteiger partial charge in [0, 0.05) is 12.8 Å². The van der Waals surface area contributed by atoms with Gasteiger partial charge in [-0.3, -0.25) is 9.59 Å². The molecule has 12 heteroatoms. The zero-order chi connectivity index (χ0) is 26.2. The standard InChI is InChI=1S/C23H28F2O9S/c1-3-15(2)16-7-8-18-14-19(10-9-17(18)13-16)34-21(27)6-4-5-20(26)32-11-12-33-22(28)23(24,25)35(29,30)31/h7-10,13-15,29-31H,3-6,11-12H2,1-2H3. The molecule has 3 N–H and O–H groups in total. The first-order valence-electron chi connectivity index (χ1n) is 10.8. The third-order valence-corrected chi connectivity index (χ3v) is 6.03. The Labute approximate surface area is 202 Å². The van der Waals surface area contributed by atoms with Crippen LogP contribution in [0.4, 0.5) is 8.78 Å². The van der Waals surface area contributed by atoms with Crippen molar-refractivity contribution in [3.05, 3.63) is 42.0 Å². The predicted molar refractivity (Wildman–Crippen MR) is 124 cm³/mol. The van der Waals surface area contributed by atoms with Gasteiger partial charge in [-0.1, -0.05) is 38.1 Å². The molecule has 0 saturated carbocycles. The van der Waals surface area contributed by atoms with Gasteiger partial charge in [-0.15, -0.1) is 0 Å². The highest BCUT2D eigenvalue weighted by Gasteiger charge is 2.56. The summed E-state index contributed by atoms with van der Waals surface area (Å²) in [7, 11) is -5.47. The molecule has 2 rings (SSSR count). The van der Waals surface area contributed by atoms with E-state index in [1.807, 2.05) is 18.2 Å². The van der Waals surface area contributed by atoms with Crippen LogP contribution in [-0.2, 0) is 23.9 Å². The van der Waals surface area contributed by atoms with Gasteiger partial charge in [0.25, 0.3) is 0 Å². The lowest BCUT2D eigenvalue weighted by atomic mass is 9.96. The summed E-state index contributed by atoms with van der Waals surface area (Å²) in [4.78, 5) is 34.8. The minimum Gasteiger partial charge on any atom is -0.462 e. The van der Waals surface area contributed by atoms with Gasteiger partial charge in [-0.05, 0) is 47.2 Å². The topological polar surface area (TPSA) is 140 Å². The van der Waals surface area contributed by atoms with Crippen molar-refractivity contribution in [1.29, 1.82) is 0 Å². The number of fused-ring (bicyclic) bond motifs is 1. The number of rotatable bonds is 12. The normalized spacial score (nSPS) is 13.2. The lowest BCUT2D eigenvalue weighted by Crippen LogP contribution is -2.36. The second-order valence-electron chi connectivity index (χ2n) is 7.80. The molecule has 0 aliphatic rings. The van der Waals surface area contributed by atoms with Crippen LogP contribution in [0.15, 0.2) is 36.4 Å². The maximum absolute atomic E-state index is 13.1. The van der Waals surface area contributed by atoms with Crippen molar-refractivity contribution < 1.29 is 51.0 Å². The van der Waals surface area contributed by atoms with E-state index in [0.29, 0.717) is 11.7 Å². The van der Waals surface area contributed by atoms with Gasteiger partial charge < -0.3 is 27.9 Å². The number of carbonyl (C=O) groups excluding carboxylic acids is 3. The first-order valence-corrected chi connectivity index (χ1v) is 12.3. The molecular weight excluding hydrogens is 490 g/mol. The van der Waals surface area contributed by atoms with Crippen LogP contribution in [0.1, 0.15) is 51.0 Å². The summed E-state index contributed by atoms with van der Waals surface area (Å²) in [6.07, 6.45) is 0.886. The molecule has 35 heavy (non-hydrogen) atoms. The van der Waals surface area contributed by atoms with E-state index in [4.69, 9.17) is 18.4 Å². The Morgan fingerprint density at radius 3 is 2.20 bits per heavy atom. The maximum Gasteiger partial charge on any atom is 0.436 e. The van der Waals surface area contributed by atoms with Gasteiger partial charge in [-0.25, -0.2) is 4.79 Å². The van der Waals surface area contributed by atoms with Crippen LogP contribution < -0.4 is 4.74 Å². The van der Waals surface area contributed by atoms with Gasteiger partial charge >= 0.3 is 23.2 Å². The fourth-order valence-electron chi connectivity index (χ4n) is 2.97. The third-order valence-electron chi connectivity index (χ3n) is 5.17. The summed E-state index contributed by atoms with van der Waals surface area (Å²) in [5.74, 6) is -2.87. The van der Waals surface area contributed by atoms with Crippen LogP contribution in [0.2, 0.25) is 0 Å². The van der Waals surface area contributed by atoms with Gasteiger partial charge in [0.1, 0.15) is 19.0 Å². The Morgan fingerprint density at radius 2 is 1.54 bits per heavy atom. The smallest absolute Gasteiger partial charge is 0.436 e. The summed E-state index contributed by atoms with van der Waals surface area (Å²) in [6, 6.07) is 11.4. The zero-order valence-corrected chi connectivity index (χ0v) is 20.1. The van der Waals surface area contributed by atoms with Crippen LogP contribution >= 0.6 is 10.9 Å². The van der Waals surface area contributed by atoms with E-state index in [1.54, 1.807) is 12.1 Å². The molecule has 0 bridgehead atoms. The molecular formula is C23H28F2O9S.